The van der Waals surface area contributed by atoms with Gasteiger partial charge in [0.25, 0.3) is 0 Å². The Morgan fingerprint density at radius 3 is 1.13 bits per heavy atom. The minimum absolute atomic E-state index is 1.41. The smallest absolute Gasteiger partial charge is 0.198 e. The van der Waals surface area contributed by atoms with E-state index in [4.69, 9.17) is 0 Å². The van der Waals surface area contributed by atoms with Gasteiger partial charge in [-0.25, -0.2) is 0 Å². The lowest BCUT2D eigenvalue weighted by Crippen LogP contribution is -2.71. The molecule has 0 aromatic heterocycles. The topological polar surface area (TPSA) is 0 Å². The first-order valence-corrected chi connectivity index (χ1v) is 6.13. The predicted molar refractivity (Wildman–Crippen MR) is 57.4 cm³/mol. The molecule has 0 fully saturated rings. The third kappa shape index (κ3) is 3.06. The van der Waals surface area contributed by atoms with Crippen molar-refractivity contribution < 1.29 is 57.1 Å². The Balaban J connectivity index is 6.25. The first-order chi connectivity index (χ1) is 9.73. The molecule has 0 aliphatic carbocycles. The number of hydrogen-bond donors (Lipinski definition) is 2. The molecular weight excluding hydrogens is 407 g/mol. The molecule has 1 unspecified atom stereocenters. The van der Waals surface area contributed by atoms with Gasteiger partial charge in [0, 0.05) is 5.75 Å². The van der Waals surface area contributed by atoms with Crippen molar-refractivity contribution in [3.63, 3.8) is 0 Å². The zero-order valence-electron chi connectivity index (χ0n) is 10.1. The molecule has 0 amide bonds. The van der Waals surface area contributed by atoms with E-state index >= 15 is 0 Å². The van der Waals surface area contributed by atoms with Crippen LogP contribution in [0.3, 0.4) is 0 Å². The van der Waals surface area contributed by atoms with Crippen LogP contribution in [-0.2, 0) is 0 Å². The van der Waals surface area contributed by atoms with Gasteiger partial charge in [0.2, 0.25) is 0 Å². The quantitative estimate of drug-likeness (QED) is 0.448. The zero-order valence-corrected chi connectivity index (χ0v) is 11.9. The Hall–Kier alpha value is -0.210. The van der Waals surface area contributed by atoms with Gasteiger partial charge in [0.1, 0.15) is 0 Å². The molecular formula is C8H5F13S2. The van der Waals surface area contributed by atoms with Crippen LogP contribution in [0.15, 0.2) is 0 Å². The van der Waals surface area contributed by atoms with E-state index in [0.717, 1.165) is 0 Å². The number of rotatable bonds is 6. The maximum absolute atomic E-state index is 13.1. The summed E-state index contributed by atoms with van der Waals surface area (Å²) < 4.78 is 164. The minimum Gasteiger partial charge on any atom is -0.198 e. The molecule has 0 saturated carbocycles. The predicted octanol–water partition coefficient (Wildman–Crippen LogP) is 4.95. The second kappa shape index (κ2) is 5.95. The molecule has 0 aromatic carbocycles. The van der Waals surface area contributed by atoms with Crippen LogP contribution in [0, 0.1) is 0 Å². The molecule has 0 saturated heterocycles. The fourth-order valence-corrected chi connectivity index (χ4v) is 1.50. The molecule has 15 heteroatoms. The van der Waals surface area contributed by atoms with Crippen molar-refractivity contribution in [2.75, 3.05) is 5.75 Å². The van der Waals surface area contributed by atoms with E-state index in [9.17, 15) is 57.1 Å². The van der Waals surface area contributed by atoms with E-state index in [-0.39, 0.29) is 0 Å². The fraction of sp³-hybridized carbons (Fsp3) is 1.00. The van der Waals surface area contributed by atoms with Crippen molar-refractivity contribution in [3.8, 4) is 0 Å². The van der Waals surface area contributed by atoms with Crippen LogP contribution in [0.2, 0.25) is 0 Å². The molecule has 0 aliphatic heterocycles. The standard InChI is InChI=1S/C8H5F13S2/c9-3(10,2(23)1-22)4(11,12)5(13,14)6(15,16)7(17,18)8(19,20)21/h2,22-23H,1H2. The fourth-order valence-electron chi connectivity index (χ4n) is 1.11. The van der Waals surface area contributed by atoms with Crippen LogP contribution in [-0.4, -0.2) is 46.8 Å². The summed E-state index contributed by atoms with van der Waals surface area (Å²) >= 11 is 5.63. The SMILES string of the molecule is FC(F)(F)C(F)(F)C(F)(F)C(F)(F)C(F)(F)C(F)(F)C(S)CS. The molecule has 0 heterocycles. The summed E-state index contributed by atoms with van der Waals surface area (Å²) in [5.41, 5.74) is 0. The van der Waals surface area contributed by atoms with Gasteiger partial charge in [-0.3, -0.25) is 0 Å². The molecule has 0 nitrogen and oxygen atoms in total. The van der Waals surface area contributed by atoms with Crippen molar-refractivity contribution in [1.29, 1.82) is 0 Å². The molecule has 1 atom stereocenters. The Morgan fingerprint density at radius 1 is 0.565 bits per heavy atom. The molecule has 0 bridgehead atoms. The van der Waals surface area contributed by atoms with Crippen molar-refractivity contribution in [2.24, 2.45) is 0 Å². The molecule has 0 N–H and O–H groups in total. The van der Waals surface area contributed by atoms with Gasteiger partial charge in [-0.15, -0.1) is 0 Å². The van der Waals surface area contributed by atoms with Crippen LogP contribution in [0.4, 0.5) is 57.1 Å². The molecule has 0 aliphatic rings. The van der Waals surface area contributed by atoms with Gasteiger partial charge >= 0.3 is 35.8 Å². The first kappa shape index (κ1) is 22.8. The van der Waals surface area contributed by atoms with Gasteiger partial charge in [-0.05, 0) is 0 Å². The number of thiol groups is 2. The van der Waals surface area contributed by atoms with E-state index in [2.05, 4.69) is 25.3 Å². The zero-order chi connectivity index (χ0) is 19.3. The average molecular weight is 412 g/mol. The van der Waals surface area contributed by atoms with Gasteiger partial charge in [-0.2, -0.15) is 82.3 Å². The van der Waals surface area contributed by atoms with Crippen LogP contribution in [0.1, 0.15) is 0 Å². The summed E-state index contributed by atoms with van der Waals surface area (Å²) in [7, 11) is 0. The molecule has 140 valence electrons. The molecule has 0 aromatic rings. The van der Waals surface area contributed by atoms with E-state index < -0.39 is 46.8 Å². The van der Waals surface area contributed by atoms with E-state index in [1.165, 1.54) is 0 Å². The average Bonchev–Trinajstić information content (AvgIpc) is 2.35. The maximum Gasteiger partial charge on any atom is 0.460 e. The second-order valence-electron chi connectivity index (χ2n) is 4.12. The Kier molecular flexibility index (Phi) is 5.89. The van der Waals surface area contributed by atoms with Crippen molar-refractivity contribution >= 4 is 25.3 Å². The lowest BCUT2D eigenvalue weighted by molar-refractivity contribution is -0.439. The molecule has 23 heavy (non-hydrogen) atoms. The van der Waals surface area contributed by atoms with Crippen LogP contribution >= 0.6 is 25.3 Å². The van der Waals surface area contributed by atoms with E-state index in [1.807, 2.05) is 0 Å². The van der Waals surface area contributed by atoms with E-state index in [0.29, 0.717) is 0 Å². The third-order valence-electron chi connectivity index (χ3n) is 2.55. The van der Waals surface area contributed by atoms with Crippen molar-refractivity contribution in [2.45, 2.75) is 41.0 Å². The summed E-state index contributed by atoms with van der Waals surface area (Å²) in [4.78, 5) is 0. The number of halogens is 13. The van der Waals surface area contributed by atoms with Crippen molar-refractivity contribution in [1.82, 2.24) is 0 Å². The summed E-state index contributed by atoms with van der Waals surface area (Å²) in [5, 5.41) is -3.15. The molecule has 0 spiro atoms. The molecule has 0 radical (unpaired) electrons. The summed E-state index contributed by atoms with van der Waals surface area (Å²) in [6.07, 6.45) is -7.41. The highest BCUT2D eigenvalue weighted by atomic mass is 32.1. The normalized spacial score (nSPS) is 17.3. The summed E-state index contributed by atoms with van der Waals surface area (Å²) in [6, 6.07) is 0. The summed E-state index contributed by atoms with van der Waals surface area (Å²) in [6.45, 7) is 0. The minimum atomic E-state index is -7.88. The Bertz CT molecular complexity index is 426. The highest BCUT2D eigenvalue weighted by Crippen LogP contribution is 2.60. The van der Waals surface area contributed by atoms with E-state index in [1.54, 1.807) is 0 Å². The third-order valence-corrected chi connectivity index (χ3v) is 3.71. The van der Waals surface area contributed by atoms with Gasteiger partial charge in [-0.1, -0.05) is 0 Å². The van der Waals surface area contributed by atoms with Gasteiger partial charge in [0.05, 0.1) is 5.25 Å². The second-order valence-corrected chi connectivity index (χ2v) is 5.11. The Labute approximate surface area is 130 Å². The highest BCUT2D eigenvalue weighted by Gasteiger charge is 2.91. The van der Waals surface area contributed by atoms with Crippen LogP contribution in [0.5, 0.6) is 0 Å². The number of alkyl halides is 13. The van der Waals surface area contributed by atoms with Gasteiger partial charge < -0.3 is 0 Å². The van der Waals surface area contributed by atoms with Crippen LogP contribution < -0.4 is 0 Å². The van der Waals surface area contributed by atoms with Crippen molar-refractivity contribution in [3.05, 3.63) is 0 Å². The monoisotopic (exact) mass is 412 g/mol. The summed E-state index contributed by atoms with van der Waals surface area (Å²) in [5.74, 6) is -38.3. The molecule has 0 rings (SSSR count). The van der Waals surface area contributed by atoms with Crippen LogP contribution in [0.25, 0.3) is 0 Å². The lowest BCUT2D eigenvalue weighted by atomic mass is 9.93. The Morgan fingerprint density at radius 2 is 0.870 bits per heavy atom. The highest BCUT2D eigenvalue weighted by molar-refractivity contribution is 7.84. The number of hydrogen-bond acceptors (Lipinski definition) is 2. The van der Waals surface area contributed by atoms with Gasteiger partial charge in [0.15, 0.2) is 0 Å². The lowest BCUT2D eigenvalue weighted by Gasteiger charge is -2.40. The first-order valence-electron chi connectivity index (χ1n) is 4.98. The largest absolute Gasteiger partial charge is 0.460 e. The maximum atomic E-state index is 13.1.